The Labute approximate surface area is 166 Å². The molecule has 0 unspecified atom stereocenters. The molecular formula is C19H23N5OS2. The predicted molar refractivity (Wildman–Crippen MR) is 110 cm³/mol. The highest BCUT2D eigenvalue weighted by Gasteiger charge is 2.23. The number of thioether (sulfide) groups is 1. The summed E-state index contributed by atoms with van der Waals surface area (Å²) in [7, 11) is 0. The molecule has 0 saturated heterocycles. The molecule has 0 radical (unpaired) electrons. The van der Waals surface area contributed by atoms with Gasteiger partial charge in [-0.05, 0) is 19.8 Å². The van der Waals surface area contributed by atoms with E-state index in [9.17, 15) is 4.79 Å². The Balaban J connectivity index is 1.56. The van der Waals surface area contributed by atoms with Crippen LogP contribution in [0.4, 0.5) is 0 Å². The van der Waals surface area contributed by atoms with Crippen LogP contribution in [0.15, 0.2) is 34.1 Å². The molecule has 0 aliphatic heterocycles. The highest BCUT2D eigenvalue weighted by Crippen LogP contribution is 2.33. The van der Waals surface area contributed by atoms with Crippen LogP contribution >= 0.6 is 23.1 Å². The summed E-state index contributed by atoms with van der Waals surface area (Å²) in [6, 6.07) is 1.62. The summed E-state index contributed by atoms with van der Waals surface area (Å²) in [5.41, 5.74) is 1.68. The van der Waals surface area contributed by atoms with Crippen molar-refractivity contribution >= 4 is 28.1 Å². The fraction of sp³-hybridized carbons (Fsp3) is 0.474. The van der Waals surface area contributed by atoms with Crippen LogP contribution in [0.25, 0.3) is 4.96 Å². The highest BCUT2D eigenvalue weighted by molar-refractivity contribution is 7.98. The number of aryl methyl sites for hydroxylation is 1. The van der Waals surface area contributed by atoms with Gasteiger partial charge in [0.2, 0.25) is 0 Å². The zero-order chi connectivity index (χ0) is 18.8. The molecule has 8 heteroatoms. The second-order valence-electron chi connectivity index (χ2n) is 6.94. The summed E-state index contributed by atoms with van der Waals surface area (Å²) >= 11 is 3.08. The third kappa shape index (κ3) is 3.73. The minimum absolute atomic E-state index is 0.0233. The van der Waals surface area contributed by atoms with Crippen LogP contribution < -0.4 is 5.56 Å². The SMILES string of the molecule is C=CCn1c(SCc2cc(=O)n3c(C)csc3n2)nnc1C1CCCCC1. The molecule has 0 atom stereocenters. The van der Waals surface area contributed by atoms with Crippen molar-refractivity contribution in [2.24, 2.45) is 0 Å². The topological polar surface area (TPSA) is 65.1 Å². The Hall–Kier alpha value is -1.93. The van der Waals surface area contributed by atoms with E-state index in [1.165, 1.54) is 43.4 Å². The van der Waals surface area contributed by atoms with Crippen molar-refractivity contribution in [3.63, 3.8) is 0 Å². The molecule has 1 fully saturated rings. The van der Waals surface area contributed by atoms with Crippen LogP contribution in [0.1, 0.15) is 55.2 Å². The van der Waals surface area contributed by atoms with Gasteiger partial charge in [-0.2, -0.15) is 0 Å². The number of allylic oxidation sites excluding steroid dienone is 1. The number of hydrogen-bond donors (Lipinski definition) is 0. The van der Waals surface area contributed by atoms with Gasteiger partial charge in [0.15, 0.2) is 10.1 Å². The number of thiazole rings is 1. The standard InChI is InChI=1S/C19H23N5OS2/c1-3-9-23-17(14-7-5-4-6-8-14)21-22-19(23)27-12-15-10-16(25)24-13(2)11-26-18(24)20-15/h3,10-11,14H,1,4-9,12H2,2H3. The van der Waals surface area contributed by atoms with E-state index in [1.807, 2.05) is 18.4 Å². The van der Waals surface area contributed by atoms with Crippen LogP contribution in [-0.4, -0.2) is 24.1 Å². The molecule has 0 spiro atoms. The first-order valence-corrected chi connectivity index (χ1v) is 11.2. The van der Waals surface area contributed by atoms with Gasteiger partial charge in [-0.15, -0.1) is 28.1 Å². The summed E-state index contributed by atoms with van der Waals surface area (Å²) in [5.74, 6) is 2.17. The quantitative estimate of drug-likeness (QED) is 0.458. The lowest BCUT2D eigenvalue weighted by molar-refractivity contribution is 0.415. The lowest BCUT2D eigenvalue weighted by Gasteiger charge is -2.21. The van der Waals surface area contributed by atoms with Gasteiger partial charge in [-0.25, -0.2) is 4.98 Å². The molecule has 3 aromatic rings. The molecular weight excluding hydrogens is 378 g/mol. The molecule has 0 N–H and O–H groups in total. The minimum atomic E-state index is -0.0233. The number of nitrogens with zero attached hydrogens (tertiary/aromatic N) is 5. The van der Waals surface area contributed by atoms with E-state index in [4.69, 9.17) is 0 Å². The second kappa shape index (κ2) is 7.98. The molecule has 0 aromatic carbocycles. The zero-order valence-electron chi connectivity index (χ0n) is 15.4. The largest absolute Gasteiger partial charge is 0.302 e. The van der Waals surface area contributed by atoms with E-state index < -0.39 is 0 Å². The Morgan fingerprint density at radius 2 is 2.15 bits per heavy atom. The van der Waals surface area contributed by atoms with Gasteiger partial charge in [-0.1, -0.05) is 37.1 Å². The molecule has 3 heterocycles. The maximum absolute atomic E-state index is 12.3. The van der Waals surface area contributed by atoms with Crippen molar-refractivity contribution in [2.75, 3.05) is 0 Å². The first-order valence-electron chi connectivity index (χ1n) is 9.31. The lowest BCUT2D eigenvalue weighted by atomic mass is 9.89. The molecule has 0 bridgehead atoms. The molecule has 1 aliphatic rings. The van der Waals surface area contributed by atoms with Crippen LogP contribution in [0.2, 0.25) is 0 Å². The van der Waals surface area contributed by atoms with Crippen molar-refractivity contribution in [3.05, 3.63) is 51.7 Å². The first kappa shape index (κ1) is 18.4. The van der Waals surface area contributed by atoms with Crippen molar-refractivity contribution in [1.82, 2.24) is 24.1 Å². The first-order chi connectivity index (χ1) is 13.2. The number of aromatic nitrogens is 5. The van der Waals surface area contributed by atoms with Crippen LogP contribution in [0.3, 0.4) is 0 Å². The van der Waals surface area contributed by atoms with Gasteiger partial charge < -0.3 is 4.57 Å². The molecule has 0 amide bonds. The summed E-state index contributed by atoms with van der Waals surface area (Å²) in [4.78, 5) is 17.7. The second-order valence-corrected chi connectivity index (χ2v) is 8.72. The maximum atomic E-state index is 12.3. The third-order valence-electron chi connectivity index (χ3n) is 5.01. The van der Waals surface area contributed by atoms with Crippen LogP contribution in [0.5, 0.6) is 0 Å². The number of rotatable bonds is 6. The smallest absolute Gasteiger partial charge is 0.258 e. The van der Waals surface area contributed by atoms with E-state index in [1.54, 1.807) is 22.2 Å². The van der Waals surface area contributed by atoms with Gasteiger partial charge in [0, 0.05) is 35.4 Å². The van der Waals surface area contributed by atoms with E-state index in [0.29, 0.717) is 18.2 Å². The summed E-state index contributed by atoms with van der Waals surface area (Å²) in [6.45, 7) is 6.52. The molecule has 1 saturated carbocycles. The molecule has 4 rings (SSSR count). The van der Waals surface area contributed by atoms with Crippen molar-refractivity contribution < 1.29 is 0 Å². The average Bonchev–Trinajstić information content (AvgIpc) is 3.25. The van der Waals surface area contributed by atoms with Gasteiger partial charge in [0.05, 0.1) is 5.69 Å². The lowest BCUT2D eigenvalue weighted by Crippen LogP contribution is -2.15. The summed E-state index contributed by atoms with van der Waals surface area (Å²) in [6.07, 6.45) is 8.12. The van der Waals surface area contributed by atoms with Crippen molar-refractivity contribution in [3.8, 4) is 0 Å². The Bertz CT molecular complexity index is 1010. The Kier molecular flexibility index (Phi) is 5.45. The fourth-order valence-electron chi connectivity index (χ4n) is 3.68. The average molecular weight is 402 g/mol. The predicted octanol–water partition coefficient (Wildman–Crippen LogP) is 4.18. The molecule has 1 aliphatic carbocycles. The maximum Gasteiger partial charge on any atom is 0.258 e. The van der Waals surface area contributed by atoms with E-state index in [0.717, 1.165) is 27.3 Å². The van der Waals surface area contributed by atoms with Crippen molar-refractivity contribution in [1.29, 1.82) is 0 Å². The van der Waals surface area contributed by atoms with Gasteiger partial charge in [0.1, 0.15) is 5.82 Å². The highest BCUT2D eigenvalue weighted by atomic mass is 32.2. The Morgan fingerprint density at radius 3 is 2.93 bits per heavy atom. The van der Waals surface area contributed by atoms with Crippen LogP contribution in [0, 0.1) is 6.92 Å². The molecule has 6 nitrogen and oxygen atoms in total. The van der Waals surface area contributed by atoms with E-state index in [2.05, 4.69) is 26.3 Å². The zero-order valence-corrected chi connectivity index (χ0v) is 17.1. The monoisotopic (exact) mass is 401 g/mol. The van der Waals surface area contributed by atoms with Gasteiger partial charge >= 0.3 is 0 Å². The fourth-order valence-corrected chi connectivity index (χ4v) is 5.42. The number of hydrogen-bond acceptors (Lipinski definition) is 6. The molecule has 142 valence electrons. The molecule has 3 aromatic heterocycles. The summed E-state index contributed by atoms with van der Waals surface area (Å²) in [5, 5.41) is 11.8. The molecule has 27 heavy (non-hydrogen) atoms. The minimum Gasteiger partial charge on any atom is -0.302 e. The van der Waals surface area contributed by atoms with Crippen LogP contribution in [-0.2, 0) is 12.3 Å². The van der Waals surface area contributed by atoms with Crippen molar-refractivity contribution in [2.45, 2.75) is 62.4 Å². The number of fused-ring (bicyclic) bond motifs is 1. The Morgan fingerprint density at radius 1 is 1.33 bits per heavy atom. The van der Waals surface area contributed by atoms with Gasteiger partial charge in [0.25, 0.3) is 5.56 Å². The summed E-state index contributed by atoms with van der Waals surface area (Å²) < 4.78 is 3.83. The van der Waals surface area contributed by atoms with E-state index in [-0.39, 0.29) is 5.56 Å². The van der Waals surface area contributed by atoms with Gasteiger partial charge in [-0.3, -0.25) is 9.20 Å². The third-order valence-corrected chi connectivity index (χ3v) is 6.95. The normalized spacial score (nSPS) is 15.4. The van der Waals surface area contributed by atoms with E-state index >= 15 is 0 Å².